The zero-order chi connectivity index (χ0) is 16.5. The van der Waals surface area contributed by atoms with Gasteiger partial charge in [-0.25, -0.2) is 0 Å². The zero-order valence-corrected chi connectivity index (χ0v) is 13.6. The number of para-hydroxylation sites is 1. The molecule has 0 spiro atoms. The molecule has 1 aromatic carbocycles. The van der Waals surface area contributed by atoms with E-state index < -0.39 is 0 Å². The predicted molar refractivity (Wildman–Crippen MR) is 95.8 cm³/mol. The Kier molecular flexibility index (Phi) is 3.65. The van der Waals surface area contributed by atoms with Crippen molar-refractivity contribution >= 4 is 22.4 Å². The molecule has 0 bridgehead atoms. The minimum absolute atomic E-state index is 0.0500. The summed E-state index contributed by atoms with van der Waals surface area (Å²) in [6.07, 6.45) is 6.37. The number of aryl methyl sites for hydroxylation is 1. The number of H-pyrrole nitrogens is 1. The van der Waals surface area contributed by atoms with Crippen molar-refractivity contribution in [2.45, 2.75) is 13.3 Å². The maximum atomic E-state index is 12.5. The first-order valence-electron chi connectivity index (χ1n) is 8.20. The fourth-order valence-electron chi connectivity index (χ4n) is 3.44. The highest BCUT2D eigenvalue weighted by molar-refractivity contribution is 5.96. The van der Waals surface area contributed by atoms with Gasteiger partial charge in [0.1, 0.15) is 0 Å². The first-order valence-corrected chi connectivity index (χ1v) is 8.20. The topological polar surface area (TPSA) is 49.0 Å². The van der Waals surface area contributed by atoms with Gasteiger partial charge < -0.3 is 9.88 Å². The van der Waals surface area contributed by atoms with Gasteiger partial charge in [0, 0.05) is 47.6 Å². The molecule has 0 unspecified atom stereocenters. The van der Waals surface area contributed by atoms with E-state index in [1.165, 1.54) is 27.7 Å². The number of aromatic nitrogens is 2. The van der Waals surface area contributed by atoms with E-state index in [2.05, 4.69) is 41.2 Å². The summed E-state index contributed by atoms with van der Waals surface area (Å²) < 4.78 is 0. The van der Waals surface area contributed by atoms with E-state index in [-0.39, 0.29) is 5.91 Å². The lowest BCUT2D eigenvalue weighted by molar-refractivity contribution is 0.0772. The molecule has 0 fully saturated rings. The van der Waals surface area contributed by atoms with Gasteiger partial charge in [0.15, 0.2) is 0 Å². The van der Waals surface area contributed by atoms with Crippen LogP contribution >= 0.6 is 0 Å². The SMILES string of the molecule is Cc1[nH]c2ccccc2c1C1=CCN(C(=O)c2cccnc2)CC1. The van der Waals surface area contributed by atoms with Crippen LogP contribution in [-0.2, 0) is 0 Å². The second-order valence-corrected chi connectivity index (χ2v) is 6.14. The Labute approximate surface area is 140 Å². The maximum absolute atomic E-state index is 12.5. The molecule has 0 aliphatic carbocycles. The second-order valence-electron chi connectivity index (χ2n) is 6.14. The summed E-state index contributed by atoms with van der Waals surface area (Å²) >= 11 is 0. The van der Waals surface area contributed by atoms with Gasteiger partial charge in [0.05, 0.1) is 5.56 Å². The summed E-state index contributed by atoms with van der Waals surface area (Å²) in [5, 5.41) is 1.26. The van der Waals surface area contributed by atoms with Crippen molar-refractivity contribution in [2.24, 2.45) is 0 Å². The Balaban J connectivity index is 1.61. The molecule has 1 N–H and O–H groups in total. The molecule has 0 saturated carbocycles. The number of pyridine rings is 1. The molecule has 3 aromatic rings. The number of fused-ring (bicyclic) bond motifs is 1. The number of carbonyl (C=O) groups excluding carboxylic acids is 1. The number of nitrogens with one attached hydrogen (secondary N) is 1. The van der Waals surface area contributed by atoms with Crippen molar-refractivity contribution in [3.05, 3.63) is 71.7 Å². The Morgan fingerprint density at radius 3 is 2.83 bits per heavy atom. The largest absolute Gasteiger partial charge is 0.358 e. The number of nitrogens with zero attached hydrogens (tertiary/aromatic N) is 2. The van der Waals surface area contributed by atoms with E-state index in [1.807, 2.05) is 17.0 Å². The van der Waals surface area contributed by atoms with Crippen LogP contribution in [0.15, 0.2) is 54.9 Å². The zero-order valence-electron chi connectivity index (χ0n) is 13.6. The Bertz CT molecular complexity index is 924. The van der Waals surface area contributed by atoms with Crippen molar-refractivity contribution in [3.63, 3.8) is 0 Å². The summed E-state index contributed by atoms with van der Waals surface area (Å²) in [4.78, 5) is 21.9. The van der Waals surface area contributed by atoms with E-state index in [4.69, 9.17) is 0 Å². The van der Waals surface area contributed by atoms with Crippen molar-refractivity contribution in [1.82, 2.24) is 14.9 Å². The molecular weight excluding hydrogens is 298 g/mol. The van der Waals surface area contributed by atoms with Crippen LogP contribution < -0.4 is 0 Å². The average Bonchev–Trinajstić information content (AvgIpc) is 2.98. The highest BCUT2D eigenvalue weighted by Crippen LogP contribution is 2.32. The van der Waals surface area contributed by atoms with Gasteiger partial charge in [-0.1, -0.05) is 24.3 Å². The minimum Gasteiger partial charge on any atom is -0.358 e. The van der Waals surface area contributed by atoms with Gasteiger partial charge in [-0.05, 0) is 37.1 Å². The molecule has 0 saturated heterocycles. The van der Waals surface area contributed by atoms with E-state index >= 15 is 0 Å². The first-order chi connectivity index (χ1) is 11.7. The second kappa shape index (κ2) is 5.96. The van der Waals surface area contributed by atoms with Crippen LogP contribution in [0.25, 0.3) is 16.5 Å². The van der Waals surface area contributed by atoms with Crippen LogP contribution in [0.4, 0.5) is 0 Å². The third-order valence-corrected chi connectivity index (χ3v) is 4.62. The van der Waals surface area contributed by atoms with Gasteiger partial charge >= 0.3 is 0 Å². The number of benzene rings is 1. The monoisotopic (exact) mass is 317 g/mol. The number of hydrogen-bond acceptors (Lipinski definition) is 2. The first kappa shape index (κ1) is 14.7. The summed E-state index contributed by atoms with van der Waals surface area (Å²) in [5.41, 5.74) is 5.62. The third kappa shape index (κ3) is 2.50. The molecule has 1 aliphatic rings. The standard InChI is InChI=1S/C20H19N3O/c1-14-19(17-6-2-3-7-18(17)22-14)15-8-11-23(12-9-15)20(24)16-5-4-10-21-13-16/h2-8,10,13,22H,9,11-12H2,1H3. The Hall–Kier alpha value is -2.88. The minimum atomic E-state index is 0.0500. The van der Waals surface area contributed by atoms with Gasteiger partial charge in [-0.3, -0.25) is 9.78 Å². The van der Waals surface area contributed by atoms with Crippen LogP contribution in [0.3, 0.4) is 0 Å². The van der Waals surface area contributed by atoms with Gasteiger partial charge in [-0.15, -0.1) is 0 Å². The fraction of sp³-hybridized carbons (Fsp3) is 0.200. The number of aromatic amines is 1. The van der Waals surface area contributed by atoms with Crippen molar-refractivity contribution in [1.29, 1.82) is 0 Å². The molecule has 0 atom stereocenters. The molecule has 3 heterocycles. The molecular formula is C20H19N3O. The lowest BCUT2D eigenvalue weighted by Gasteiger charge is -2.26. The molecule has 120 valence electrons. The van der Waals surface area contributed by atoms with E-state index in [9.17, 15) is 4.79 Å². The fourth-order valence-corrected chi connectivity index (χ4v) is 3.44. The molecule has 2 aromatic heterocycles. The van der Waals surface area contributed by atoms with E-state index in [1.54, 1.807) is 18.5 Å². The summed E-state index contributed by atoms with van der Waals surface area (Å²) in [7, 11) is 0. The smallest absolute Gasteiger partial charge is 0.255 e. The summed E-state index contributed by atoms with van der Waals surface area (Å²) in [6.45, 7) is 3.49. The average molecular weight is 317 g/mol. The van der Waals surface area contributed by atoms with E-state index in [0.29, 0.717) is 12.1 Å². The van der Waals surface area contributed by atoms with Gasteiger partial charge in [0.2, 0.25) is 0 Å². The molecule has 4 rings (SSSR count). The molecule has 1 aliphatic heterocycles. The maximum Gasteiger partial charge on any atom is 0.255 e. The Morgan fingerprint density at radius 2 is 2.08 bits per heavy atom. The lowest BCUT2D eigenvalue weighted by atomic mass is 9.96. The van der Waals surface area contributed by atoms with Crippen LogP contribution in [0.1, 0.15) is 28.0 Å². The quantitative estimate of drug-likeness (QED) is 0.781. The summed E-state index contributed by atoms with van der Waals surface area (Å²) in [6, 6.07) is 12.0. The molecule has 4 nitrogen and oxygen atoms in total. The van der Waals surface area contributed by atoms with Crippen molar-refractivity contribution in [3.8, 4) is 0 Å². The normalized spacial score (nSPS) is 14.7. The number of amides is 1. The van der Waals surface area contributed by atoms with Gasteiger partial charge in [-0.2, -0.15) is 0 Å². The van der Waals surface area contributed by atoms with Crippen LogP contribution in [-0.4, -0.2) is 33.9 Å². The van der Waals surface area contributed by atoms with Crippen LogP contribution in [0.5, 0.6) is 0 Å². The van der Waals surface area contributed by atoms with Crippen molar-refractivity contribution < 1.29 is 4.79 Å². The molecule has 1 amide bonds. The van der Waals surface area contributed by atoms with Crippen LogP contribution in [0, 0.1) is 6.92 Å². The number of rotatable bonds is 2. The third-order valence-electron chi connectivity index (χ3n) is 4.62. The number of hydrogen-bond donors (Lipinski definition) is 1. The number of carbonyl (C=O) groups is 1. The summed E-state index contributed by atoms with van der Waals surface area (Å²) in [5.74, 6) is 0.0500. The molecule has 4 heteroatoms. The van der Waals surface area contributed by atoms with E-state index in [0.717, 1.165) is 13.0 Å². The highest BCUT2D eigenvalue weighted by atomic mass is 16.2. The predicted octanol–water partition coefficient (Wildman–Crippen LogP) is 3.80. The molecule has 0 radical (unpaired) electrons. The van der Waals surface area contributed by atoms with Gasteiger partial charge in [0.25, 0.3) is 5.91 Å². The molecule has 24 heavy (non-hydrogen) atoms. The van der Waals surface area contributed by atoms with Crippen molar-refractivity contribution in [2.75, 3.05) is 13.1 Å². The lowest BCUT2D eigenvalue weighted by Crippen LogP contribution is -2.34. The Morgan fingerprint density at radius 1 is 1.21 bits per heavy atom. The van der Waals surface area contributed by atoms with Crippen LogP contribution in [0.2, 0.25) is 0 Å². The highest BCUT2D eigenvalue weighted by Gasteiger charge is 2.21.